The van der Waals surface area contributed by atoms with Crippen LogP contribution in [0.15, 0.2) is 42.5 Å². The third-order valence-electron chi connectivity index (χ3n) is 5.42. The molecule has 0 spiro atoms. The van der Waals surface area contributed by atoms with E-state index in [1.165, 1.54) is 37.4 Å². The van der Waals surface area contributed by atoms with E-state index in [9.17, 15) is 24.5 Å². The maximum absolute atomic E-state index is 12.6. The molecule has 2 N–H and O–H groups in total. The fourth-order valence-corrected chi connectivity index (χ4v) is 3.56. The van der Waals surface area contributed by atoms with Crippen LogP contribution in [-0.2, 0) is 9.59 Å². The number of nitrogens with one attached hydrogen (secondary N) is 2. The van der Waals surface area contributed by atoms with Gasteiger partial charge in [0.2, 0.25) is 11.8 Å². The second kappa shape index (κ2) is 10.6. The van der Waals surface area contributed by atoms with Crippen LogP contribution >= 0.6 is 0 Å². The van der Waals surface area contributed by atoms with Crippen molar-refractivity contribution in [3.63, 3.8) is 0 Å². The molecule has 33 heavy (non-hydrogen) atoms. The van der Waals surface area contributed by atoms with E-state index in [0.717, 1.165) is 12.8 Å². The van der Waals surface area contributed by atoms with Crippen molar-refractivity contribution >= 4 is 34.8 Å². The summed E-state index contributed by atoms with van der Waals surface area (Å²) in [5, 5.41) is 16.4. The summed E-state index contributed by atoms with van der Waals surface area (Å²) in [5.74, 6) is -0.844. The number of amides is 3. The highest BCUT2D eigenvalue weighted by atomic mass is 16.6. The molecule has 174 valence electrons. The molecule has 2 aromatic carbocycles. The Labute approximate surface area is 191 Å². The lowest BCUT2D eigenvalue weighted by Gasteiger charge is -2.16. The minimum absolute atomic E-state index is 0.00723. The van der Waals surface area contributed by atoms with Gasteiger partial charge in [-0.05, 0) is 36.8 Å². The number of nitrogens with zero attached hydrogens (tertiary/aromatic N) is 2. The molecule has 1 aliphatic heterocycles. The number of nitro groups is 1. The molecule has 1 fully saturated rings. The Morgan fingerprint density at radius 2 is 1.91 bits per heavy atom. The average molecular weight is 454 g/mol. The van der Waals surface area contributed by atoms with Gasteiger partial charge in [0.15, 0.2) is 0 Å². The molecular weight excluding hydrogens is 428 g/mol. The third-order valence-corrected chi connectivity index (χ3v) is 5.42. The predicted octanol–water partition coefficient (Wildman–Crippen LogP) is 3.44. The average Bonchev–Trinajstić information content (AvgIpc) is 3.18. The van der Waals surface area contributed by atoms with Gasteiger partial charge in [-0.25, -0.2) is 0 Å². The number of ether oxygens (including phenoxy) is 1. The lowest BCUT2D eigenvalue weighted by atomic mass is 10.1. The van der Waals surface area contributed by atoms with Gasteiger partial charge < -0.3 is 20.3 Å². The zero-order valence-electron chi connectivity index (χ0n) is 18.5. The van der Waals surface area contributed by atoms with Gasteiger partial charge in [-0.2, -0.15) is 0 Å². The van der Waals surface area contributed by atoms with Gasteiger partial charge >= 0.3 is 0 Å². The summed E-state index contributed by atoms with van der Waals surface area (Å²) in [6, 6.07) is 10.1. The summed E-state index contributed by atoms with van der Waals surface area (Å²) in [7, 11) is 1.40. The normalized spacial score (nSPS) is 15.3. The van der Waals surface area contributed by atoms with Crippen molar-refractivity contribution in [2.24, 2.45) is 5.92 Å². The SMILES string of the molecule is CCCCN1CC(C(=O)Nc2ccc(C(=O)Nc3cc([N+](=O)[O-])ccc3OC)cc2)CC1=O. The minimum atomic E-state index is -0.562. The number of unbranched alkanes of at least 4 members (excludes halogenated alkanes) is 1. The van der Waals surface area contributed by atoms with Crippen molar-refractivity contribution < 1.29 is 24.0 Å². The van der Waals surface area contributed by atoms with Crippen LogP contribution in [0.4, 0.5) is 17.1 Å². The van der Waals surface area contributed by atoms with E-state index in [-0.39, 0.29) is 35.4 Å². The first kappa shape index (κ1) is 23.7. The fourth-order valence-electron chi connectivity index (χ4n) is 3.56. The van der Waals surface area contributed by atoms with Gasteiger partial charge in [0.1, 0.15) is 5.75 Å². The van der Waals surface area contributed by atoms with Gasteiger partial charge in [-0.3, -0.25) is 24.5 Å². The van der Waals surface area contributed by atoms with Gasteiger partial charge in [0.25, 0.3) is 11.6 Å². The molecule has 1 aliphatic rings. The van der Waals surface area contributed by atoms with Crippen LogP contribution < -0.4 is 15.4 Å². The highest BCUT2D eigenvalue weighted by Gasteiger charge is 2.33. The van der Waals surface area contributed by atoms with E-state index in [4.69, 9.17) is 4.74 Å². The molecule has 1 saturated heterocycles. The summed E-state index contributed by atoms with van der Waals surface area (Å²) in [6.07, 6.45) is 2.08. The zero-order valence-corrected chi connectivity index (χ0v) is 18.5. The molecule has 0 bridgehead atoms. The van der Waals surface area contributed by atoms with Crippen molar-refractivity contribution in [3.05, 3.63) is 58.1 Å². The molecule has 10 heteroatoms. The standard InChI is InChI=1S/C23H26N4O6/c1-3-4-11-26-14-16(12-21(26)28)23(30)24-17-7-5-15(6-8-17)22(29)25-19-13-18(27(31)32)9-10-20(19)33-2/h5-10,13,16H,3-4,11-12,14H2,1-2H3,(H,24,30)(H,25,29). The Balaban J connectivity index is 1.62. The number of likely N-dealkylation sites (tertiary alicyclic amines) is 1. The molecule has 3 amide bonds. The van der Waals surface area contributed by atoms with Crippen LogP contribution in [0.1, 0.15) is 36.5 Å². The van der Waals surface area contributed by atoms with E-state index >= 15 is 0 Å². The minimum Gasteiger partial charge on any atom is -0.495 e. The molecule has 3 rings (SSSR count). The largest absolute Gasteiger partial charge is 0.495 e. The Morgan fingerprint density at radius 3 is 2.55 bits per heavy atom. The van der Waals surface area contributed by atoms with Gasteiger partial charge in [-0.15, -0.1) is 0 Å². The number of carbonyl (C=O) groups excluding carboxylic acids is 3. The number of rotatable bonds is 9. The lowest BCUT2D eigenvalue weighted by molar-refractivity contribution is -0.384. The molecular formula is C23H26N4O6. The highest BCUT2D eigenvalue weighted by molar-refractivity contribution is 6.05. The number of hydrogen-bond donors (Lipinski definition) is 2. The quantitative estimate of drug-likeness (QED) is 0.441. The van der Waals surface area contributed by atoms with Crippen molar-refractivity contribution in [1.82, 2.24) is 4.90 Å². The number of benzene rings is 2. The van der Waals surface area contributed by atoms with Crippen molar-refractivity contribution in [2.75, 3.05) is 30.8 Å². The van der Waals surface area contributed by atoms with Crippen LogP contribution in [0, 0.1) is 16.0 Å². The maximum Gasteiger partial charge on any atom is 0.271 e. The number of hydrogen-bond acceptors (Lipinski definition) is 6. The summed E-state index contributed by atoms with van der Waals surface area (Å²) in [4.78, 5) is 49.4. The number of methoxy groups -OCH3 is 1. The van der Waals surface area contributed by atoms with Crippen molar-refractivity contribution in [1.29, 1.82) is 0 Å². The van der Waals surface area contributed by atoms with Crippen molar-refractivity contribution in [3.8, 4) is 5.75 Å². The number of anilines is 2. The Kier molecular flexibility index (Phi) is 7.60. The summed E-state index contributed by atoms with van der Waals surface area (Å²) in [5.41, 5.74) is 0.794. The molecule has 0 saturated carbocycles. The first-order valence-corrected chi connectivity index (χ1v) is 10.6. The van der Waals surface area contributed by atoms with Crippen LogP contribution in [0.5, 0.6) is 5.75 Å². The summed E-state index contributed by atoms with van der Waals surface area (Å²) < 4.78 is 5.15. The van der Waals surface area contributed by atoms with Crippen LogP contribution in [-0.4, -0.2) is 47.7 Å². The molecule has 10 nitrogen and oxygen atoms in total. The molecule has 1 heterocycles. The topological polar surface area (TPSA) is 131 Å². The van der Waals surface area contributed by atoms with E-state index in [1.807, 2.05) is 0 Å². The van der Waals surface area contributed by atoms with E-state index in [2.05, 4.69) is 17.6 Å². The fraction of sp³-hybridized carbons (Fsp3) is 0.348. The molecule has 0 aromatic heterocycles. The monoisotopic (exact) mass is 454 g/mol. The number of carbonyl (C=O) groups is 3. The smallest absolute Gasteiger partial charge is 0.271 e. The second-order valence-electron chi connectivity index (χ2n) is 7.76. The number of non-ortho nitro benzene ring substituents is 1. The maximum atomic E-state index is 12.6. The predicted molar refractivity (Wildman–Crippen MR) is 122 cm³/mol. The van der Waals surface area contributed by atoms with Crippen LogP contribution in [0.2, 0.25) is 0 Å². The van der Waals surface area contributed by atoms with Gasteiger partial charge in [0.05, 0.1) is 23.6 Å². The van der Waals surface area contributed by atoms with E-state index < -0.39 is 16.7 Å². The first-order valence-electron chi connectivity index (χ1n) is 10.6. The summed E-state index contributed by atoms with van der Waals surface area (Å²) in [6.45, 7) is 3.13. The van der Waals surface area contributed by atoms with E-state index in [1.54, 1.807) is 17.0 Å². The second-order valence-corrected chi connectivity index (χ2v) is 7.76. The van der Waals surface area contributed by atoms with Crippen molar-refractivity contribution in [2.45, 2.75) is 26.2 Å². The highest BCUT2D eigenvalue weighted by Crippen LogP contribution is 2.29. The Bertz CT molecular complexity index is 1050. The van der Waals surface area contributed by atoms with Crippen LogP contribution in [0.3, 0.4) is 0 Å². The third kappa shape index (κ3) is 5.85. The zero-order chi connectivity index (χ0) is 24.0. The lowest BCUT2D eigenvalue weighted by Crippen LogP contribution is -2.29. The summed E-state index contributed by atoms with van der Waals surface area (Å²) >= 11 is 0. The molecule has 0 radical (unpaired) electrons. The Morgan fingerprint density at radius 1 is 1.18 bits per heavy atom. The molecule has 2 aromatic rings. The first-order chi connectivity index (χ1) is 15.8. The van der Waals surface area contributed by atoms with Crippen LogP contribution in [0.25, 0.3) is 0 Å². The molecule has 1 atom stereocenters. The molecule has 1 unspecified atom stereocenters. The van der Waals surface area contributed by atoms with E-state index in [0.29, 0.717) is 24.3 Å². The molecule has 0 aliphatic carbocycles. The number of nitro benzene ring substituents is 1. The Hall–Kier alpha value is -3.95. The van der Waals surface area contributed by atoms with Gasteiger partial charge in [-0.1, -0.05) is 13.3 Å². The van der Waals surface area contributed by atoms with Gasteiger partial charge in [0, 0.05) is 42.9 Å².